The van der Waals surface area contributed by atoms with E-state index in [9.17, 15) is 4.79 Å². The molecule has 1 amide bonds. The van der Waals surface area contributed by atoms with Crippen molar-refractivity contribution < 1.29 is 9.53 Å². The van der Waals surface area contributed by atoms with Crippen LogP contribution in [0.4, 0.5) is 16.6 Å². The fraction of sp³-hybridized carbons (Fsp3) is 0.231. The molecule has 0 fully saturated rings. The van der Waals surface area contributed by atoms with E-state index in [0.717, 1.165) is 5.56 Å². The molecule has 2 aromatic rings. The van der Waals surface area contributed by atoms with Crippen molar-refractivity contribution in [3.63, 3.8) is 0 Å². The van der Waals surface area contributed by atoms with Gasteiger partial charge in [0.2, 0.25) is 0 Å². The number of nitrogens with zero attached hydrogens (tertiary/aromatic N) is 1. The highest BCUT2D eigenvalue weighted by molar-refractivity contribution is 7.18. The van der Waals surface area contributed by atoms with Gasteiger partial charge in [-0.25, -0.2) is 4.98 Å². The van der Waals surface area contributed by atoms with Gasteiger partial charge in [0.05, 0.1) is 6.61 Å². The second kappa shape index (κ2) is 6.36. The van der Waals surface area contributed by atoms with Crippen molar-refractivity contribution in [2.75, 3.05) is 30.5 Å². The lowest BCUT2D eigenvalue weighted by atomic mass is 10.2. The molecule has 0 aliphatic heterocycles. The number of nitrogen functional groups attached to an aromatic ring is 1. The summed E-state index contributed by atoms with van der Waals surface area (Å²) in [5.41, 5.74) is 7.41. The molecule has 0 saturated heterocycles. The first-order chi connectivity index (χ1) is 9.63. The molecule has 1 aromatic carbocycles. The topological polar surface area (TPSA) is 89.3 Å². The Morgan fingerprint density at radius 2 is 2.30 bits per heavy atom. The Labute approximate surface area is 121 Å². The minimum absolute atomic E-state index is 0.227. The first-order valence-electron chi connectivity index (χ1n) is 5.97. The Morgan fingerprint density at radius 3 is 2.95 bits per heavy atom. The number of hydrogen-bond acceptors (Lipinski definition) is 6. The van der Waals surface area contributed by atoms with Crippen LogP contribution in [0.5, 0.6) is 0 Å². The molecule has 0 aliphatic rings. The Morgan fingerprint density at radius 1 is 1.50 bits per heavy atom. The number of carbonyl (C=O) groups is 1. The minimum Gasteiger partial charge on any atom is -0.382 e. The van der Waals surface area contributed by atoms with Gasteiger partial charge in [-0.2, -0.15) is 0 Å². The summed E-state index contributed by atoms with van der Waals surface area (Å²) in [5.74, 6) is -0.0408. The molecule has 0 spiro atoms. The maximum absolute atomic E-state index is 12.2. The molecule has 4 N–H and O–H groups in total. The Balaban J connectivity index is 2.14. The third-order valence-electron chi connectivity index (χ3n) is 2.57. The quantitative estimate of drug-likeness (QED) is 0.786. The average Bonchev–Trinajstić information content (AvgIpc) is 2.81. The Bertz CT molecular complexity index is 612. The third kappa shape index (κ3) is 3.25. The number of amides is 1. The normalized spacial score (nSPS) is 10.3. The number of rotatable bonds is 5. The monoisotopic (exact) mass is 292 g/mol. The van der Waals surface area contributed by atoms with Crippen LogP contribution < -0.4 is 16.4 Å². The van der Waals surface area contributed by atoms with Crippen LogP contribution in [0.25, 0.3) is 0 Å². The van der Waals surface area contributed by atoms with E-state index in [-0.39, 0.29) is 11.7 Å². The highest BCUT2D eigenvalue weighted by atomic mass is 32.1. The van der Waals surface area contributed by atoms with E-state index >= 15 is 0 Å². The van der Waals surface area contributed by atoms with Gasteiger partial charge in [-0.1, -0.05) is 23.5 Å². The molecule has 7 heteroatoms. The van der Waals surface area contributed by atoms with E-state index in [0.29, 0.717) is 22.3 Å². The average molecular weight is 292 g/mol. The zero-order valence-corrected chi connectivity index (χ0v) is 12.1. The highest BCUT2D eigenvalue weighted by Gasteiger charge is 2.15. The summed E-state index contributed by atoms with van der Waals surface area (Å²) in [4.78, 5) is 16.6. The fourth-order valence-electron chi connectivity index (χ4n) is 1.69. The van der Waals surface area contributed by atoms with Crippen LogP contribution in [-0.4, -0.2) is 25.0 Å². The molecular formula is C13H16N4O2S. The standard InChI is InChI=1S/C13H16N4O2S/c1-15-13-17-11(14)10(20-13)12(18)16-9-5-3-4-8(6-9)7-19-2/h3-6H,7,14H2,1-2H3,(H,15,17)(H,16,18). The molecule has 106 valence electrons. The molecule has 0 unspecified atom stereocenters. The van der Waals surface area contributed by atoms with Crippen LogP contribution in [0.3, 0.4) is 0 Å². The first-order valence-corrected chi connectivity index (χ1v) is 6.79. The molecule has 0 aliphatic carbocycles. The van der Waals surface area contributed by atoms with E-state index in [1.807, 2.05) is 24.3 Å². The number of benzene rings is 1. The Kier molecular flexibility index (Phi) is 4.54. The van der Waals surface area contributed by atoms with Crippen molar-refractivity contribution in [3.05, 3.63) is 34.7 Å². The van der Waals surface area contributed by atoms with Crippen LogP contribution in [0.2, 0.25) is 0 Å². The minimum atomic E-state index is -0.268. The molecule has 1 heterocycles. The lowest BCUT2D eigenvalue weighted by Crippen LogP contribution is -2.12. The third-order valence-corrected chi connectivity index (χ3v) is 3.66. The highest BCUT2D eigenvalue weighted by Crippen LogP contribution is 2.25. The van der Waals surface area contributed by atoms with E-state index < -0.39 is 0 Å². The van der Waals surface area contributed by atoms with Gasteiger partial charge in [-0.3, -0.25) is 4.79 Å². The lowest BCUT2D eigenvalue weighted by Gasteiger charge is -2.06. The summed E-state index contributed by atoms with van der Waals surface area (Å²) in [5, 5.41) is 6.28. The summed E-state index contributed by atoms with van der Waals surface area (Å²) < 4.78 is 5.06. The molecular weight excluding hydrogens is 276 g/mol. The van der Waals surface area contributed by atoms with Crippen molar-refractivity contribution in [1.29, 1.82) is 0 Å². The largest absolute Gasteiger partial charge is 0.382 e. The van der Waals surface area contributed by atoms with Crippen molar-refractivity contribution in [1.82, 2.24) is 4.98 Å². The summed E-state index contributed by atoms with van der Waals surface area (Å²) in [7, 11) is 3.36. The SMILES string of the molecule is CNc1nc(N)c(C(=O)Nc2cccc(COC)c2)s1. The van der Waals surface area contributed by atoms with Crippen LogP contribution in [0.1, 0.15) is 15.2 Å². The first kappa shape index (κ1) is 14.3. The Hall–Kier alpha value is -2.12. The lowest BCUT2D eigenvalue weighted by molar-refractivity contribution is 0.103. The van der Waals surface area contributed by atoms with Crippen LogP contribution >= 0.6 is 11.3 Å². The number of carbonyl (C=O) groups excluding carboxylic acids is 1. The number of aromatic nitrogens is 1. The van der Waals surface area contributed by atoms with Gasteiger partial charge >= 0.3 is 0 Å². The van der Waals surface area contributed by atoms with Gasteiger partial charge < -0.3 is 21.1 Å². The number of nitrogens with one attached hydrogen (secondary N) is 2. The molecule has 2 rings (SSSR count). The fourth-order valence-corrected chi connectivity index (χ4v) is 2.43. The second-order valence-corrected chi connectivity index (χ2v) is 5.07. The van der Waals surface area contributed by atoms with Crippen LogP contribution in [-0.2, 0) is 11.3 Å². The second-order valence-electron chi connectivity index (χ2n) is 4.07. The number of methoxy groups -OCH3 is 1. The van der Waals surface area contributed by atoms with Gasteiger partial charge in [0.15, 0.2) is 5.13 Å². The molecule has 0 radical (unpaired) electrons. The molecule has 0 saturated carbocycles. The predicted octanol–water partition coefficient (Wildman–Crippen LogP) is 2.17. The number of thiazole rings is 1. The molecule has 1 aromatic heterocycles. The van der Waals surface area contributed by atoms with Gasteiger partial charge in [0, 0.05) is 19.8 Å². The van der Waals surface area contributed by atoms with Gasteiger partial charge in [0.25, 0.3) is 5.91 Å². The molecule has 6 nitrogen and oxygen atoms in total. The zero-order chi connectivity index (χ0) is 14.5. The molecule has 20 heavy (non-hydrogen) atoms. The molecule has 0 atom stereocenters. The molecule has 0 bridgehead atoms. The summed E-state index contributed by atoms with van der Waals surface area (Å²) >= 11 is 1.22. The van der Waals surface area contributed by atoms with E-state index in [4.69, 9.17) is 10.5 Å². The predicted molar refractivity (Wildman–Crippen MR) is 81.2 cm³/mol. The van der Waals surface area contributed by atoms with Crippen molar-refractivity contribution in [2.24, 2.45) is 0 Å². The van der Waals surface area contributed by atoms with E-state index in [1.165, 1.54) is 11.3 Å². The smallest absolute Gasteiger partial charge is 0.269 e. The summed E-state index contributed by atoms with van der Waals surface area (Å²) in [6, 6.07) is 7.46. The number of anilines is 3. The van der Waals surface area contributed by atoms with E-state index in [2.05, 4.69) is 15.6 Å². The van der Waals surface area contributed by atoms with Crippen molar-refractivity contribution >= 4 is 33.9 Å². The van der Waals surface area contributed by atoms with E-state index in [1.54, 1.807) is 14.2 Å². The zero-order valence-electron chi connectivity index (χ0n) is 11.3. The number of hydrogen-bond donors (Lipinski definition) is 3. The van der Waals surface area contributed by atoms with Crippen molar-refractivity contribution in [2.45, 2.75) is 6.61 Å². The van der Waals surface area contributed by atoms with Gasteiger partial charge in [0.1, 0.15) is 10.7 Å². The number of nitrogens with two attached hydrogens (primary N) is 1. The number of ether oxygens (including phenoxy) is 1. The maximum Gasteiger partial charge on any atom is 0.269 e. The van der Waals surface area contributed by atoms with Crippen LogP contribution in [0.15, 0.2) is 24.3 Å². The summed E-state index contributed by atoms with van der Waals surface area (Å²) in [6.07, 6.45) is 0. The summed E-state index contributed by atoms with van der Waals surface area (Å²) in [6.45, 7) is 0.496. The maximum atomic E-state index is 12.2. The van der Waals surface area contributed by atoms with Gasteiger partial charge in [-0.05, 0) is 17.7 Å². The van der Waals surface area contributed by atoms with Crippen molar-refractivity contribution in [3.8, 4) is 0 Å². The van der Waals surface area contributed by atoms with Gasteiger partial charge in [-0.15, -0.1) is 0 Å². The van der Waals surface area contributed by atoms with Crippen LogP contribution in [0, 0.1) is 0 Å².